The van der Waals surface area contributed by atoms with Gasteiger partial charge in [-0.3, -0.25) is 5.10 Å². The number of aromatic nitrogens is 3. The summed E-state index contributed by atoms with van der Waals surface area (Å²) in [5, 5.41) is 8.48. The largest absolute Gasteiger partial charge is 0.487 e. The van der Waals surface area contributed by atoms with E-state index in [0.29, 0.717) is 23.3 Å². The third kappa shape index (κ3) is 1.99. The number of ether oxygens (including phenoxy) is 1. The first kappa shape index (κ1) is 10.2. The molecule has 0 fully saturated rings. The second kappa shape index (κ2) is 4.14. The molecule has 0 spiro atoms. The van der Waals surface area contributed by atoms with Crippen molar-refractivity contribution in [3.8, 4) is 5.75 Å². The smallest absolute Gasteiger partial charge is 0.240 e. The van der Waals surface area contributed by atoms with Crippen LogP contribution in [0.1, 0.15) is 5.69 Å². The molecule has 0 saturated heterocycles. The van der Waals surface area contributed by atoms with Gasteiger partial charge in [-0.15, -0.1) is 16.4 Å². The summed E-state index contributed by atoms with van der Waals surface area (Å²) in [7, 11) is 0. The van der Waals surface area contributed by atoms with Gasteiger partial charge < -0.3 is 4.74 Å². The maximum absolute atomic E-state index is 13.1. The predicted molar refractivity (Wildman–Crippen MR) is 62.5 cm³/mol. The first-order chi connectivity index (χ1) is 8.33. The van der Waals surface area contributed by atoms with E-state index in [2.05, 4.69) is 15.2 Å². The fourth-order valence-electron chi connectivity index (χ4n) is 1.52. The molecule has 6 heteroatoms. The van der Waals surface area contributed by atoms with E-state index in [1.54, 1.807) is 23.7 Å². The molecule has 1 N–H and O–H groups in total. The average Bonchev–Trinajstić information content (AvgIpc) is 2.97. The van der Waals surface area contributed by atoms with Crippen LogP contribution < -0.4 is 4.74 Å². The zero-order chi connectivity index (χ0) is 11.7. The highest BCUT2D eigenvalue weighted by Gasteiger charge is 2.05. The van der Waals surface area contributed by atoms with Gasteiger partial charge in [0.15, 0.2) is 0 Å². The van der Waals surface area contributed by atoms with E-state index in [-0.39, 0.29) is 0 Å². The summed E-state index contributed by atoms with van der Waals surface area (Å²) in [6.07, 6.45) is 0. The highest BCUT2D eigenvalue weighted by atomic mass is 32.1. The van der Waals surface area contributed by atoms with E-state index in [9.17, 15) is 4.39 Å². The summed E-state index contributed by atoms with van der Waals surface area (Å²) in [6, 6.07) is 5.08. The number of benzene rings is 1. The lowest BCUT2D eigenvalue weighted by atomic mass is 10.2. The van der Waals surface area contributed by atoms with Crippen molar-refractivity contribution < 1.29 is 9.13 Å². The molecule has 0 unspecified atom stereocenters. The Bertz CT molecular complexity index is 635. The normalized spacial score (nSPS) is 10.9. The molecule has 0 aliphatic carbocycles. The quantitative estimate of drug-likeness (QED) is 0.776. The minimum absolute atomic E-state index is 0.408. The summed E-state index contributed by atoms with van der Waals surface area (Å²) in [4.78, 5) is 4.11. The van der Waals surface area contributed by atoms with E-state index in [1.807, 2.05) is 5.38 Å². The number of nitrogens with one attached hydrogen (secondary N) is 1. The van der Waals surface area contributed by atoms with Crippen LogP contribution in [0.15, 0.2) is 29.1 Å². The van der Waals surface area contributed by atoms with Gasteiger partial charge in [0.2, 0.25) is 5.95 Å². The molecule has 0 aliphatic heterocycles. The summed E-state index contributed by atoms with van der Waals surface area (Å²) in [5.74, 6) is 0.167. The average molecular weight is 249 g/mol. The summed E-state index contributed by atoms with van der Waals surface area (Å²) in [6.45, 7) is 0.408. The van der Waals surface area contributed by atoms with Crippen molar-refractivity contribution in [3.05, 3.63) is 40.7 Å². The Labute approximate surface area is 100 Å². The summed E-state index contributed by atoms with van der Waals surface area (Å²) >= 11 is 1.52. The molecule has 2 heterocycles. The fraction of sp³-hybridized carbons (Fsp3) is 0.0909. The van der Waals surface area contributed by atoms with Crippen LogP contribution in [0.4, 0.5) is 4.39 Å². The van der Waals surface area contributed by atoms with Crippen molar-refractivity contribution in [1.82, 2.24) is 15.2 Å². The Morgan fingerprint density at radius 1 is 1.41 bits per heavy atom. The molecule has 2 aromatic heterocycles. The van der Waals surface area contributed by atoms with E-state index < -0.39 is 5.95 Å². The van der Waals surface area contributed by atoms with E-state index in [0.717, 1.165) is 5.69 Å². The van der Waals surface area contributed by atoms with Crippen LogP contribution in [0, 0.1) is 5.95 Å². The number of H-pyrrole nitrogens is 1. The first-order valence-corrected chi connectivity index (χ1v) is 5.91. The van der Waals surface area contributed by atoms with Crippen LogP contribution in [-0.2, 0) is 6.61 Å². The summed E-state index contributed by atoms with van der Waals surface area (Å²) in [5.41, 5.74) is 3.26. The van der Waals surface area contributed by atoms with Gasteiger partial charge >= 0.3 is 0 Å². The minimum atomic E-state index is -0.494. The van der Waals surface area contributed by atoms with Gasteiger partial charge in [-0.1, -0.05) is 0 Å². The van der Waals surface area contributed by atoms with Gasteiger partial charge in [-0.25, -0.2) is 4.98 Å². The highest BCUT2D eigenvalue weighted by Crippen LogP contribution is 2.21. The van der Waals surface area contributed by atoms with Gasteiger partial charge in [0.1, 0.15) is 12.4 Å². The molecule has 0 saturated carbocycles. The molecule has 1 aromatic carbocycles. The van der Waals surface area contributed by atoms with Crippen LogP contribution in [0.5, 0.6) is 5.75 Å². The molecule has 0 bridgehead atoms. The lowest BCUT2D eigenvalue weighted by molar-refractivity contribution is 0.302. The Morgan fingerprint density at radius 2 is 2.35 bits per heavy atom. The number of rotatable bonds is 3. The molecule has 4 nitrogen and oxygen atoms in total. The highest BCUT2D eigenvalue weighted by molar-refractivity contribution is 7.07. The van der Waals surface area contributed by atoms with Gasteiger partial charge in [0, 0.05) is 11.4 Å². The number of nitrogens with zero attached hydrogens (tertiary/aromatic N) is 2. The van der Waals surface area contributed by atoms with Crippen molar-refractivity contribution in [2.75, 3.05) is 0 Å². The van der Waals surface area contributed by atoms with Crippen LogP contribution in [-0.4, -0.2) is 15.2 Å². The topological polar surface area (TPSA) is 50.8 Å². The van der Waals surface area contributed by atoms with E-state index >= 15 is 0 Å². The molecule has 0 aliphatic rings. The third-order valence-corrected chi connectivity index (χ3v) is 2.99. The second-order valence-electron chi connectivity index (χ2n) is 3.49. The minimum Gasteiger partial charge on any atom is -0.487 e. The number of thiazole rings is 1. The lowest BCUT2D eigenvalue weighted by Crippen LogP contribution is -1.95. The molecule has 86 valence electrons. The molecule has 3 rings (SSSR count). The van der Waals surface area contributed by atoms with Crippen LogP contribution in [0.3, 0.4) is 0 Å². The SMILES string of the molecule is Fc1n[nH]c2cc(OCc3cscn3)ccc12. The molecular formula is C11H8FN3OS. The number of halogens is 1. The molecule has 3 aromatic rings. The van der Waals surface area contributed by atoms with Crippen molar-refractivity contribution in [2.45, 2.75) is 6.61 Å². The lowest BCUT2D eigenvalue weighted by Gasteiger charge is -2.03. The summed E-state index contributed by atoms with van der Waals surface area (Å²) < 4.78 is 18.6. The standard InChI is InChI=1S/C11H8FN3OS/c12-11-9-2-1-8(3-10(9)14-15-11)16-4-7-5-17-6-13-7/h1-3,5-6H,4H2,(H,14,15). The maximum atomic E-state index is 13.1. The van der Waals surface area contributed by atoms with Gasteiger partial charge in [-0.2, -0.15) is 4.39 Å². The molecule has 17 heavy (non-hydrogen) atoms. The predicted octanol–water partition coefficient (Wildman–Crippen LogP) is 2.74. The van der Waals surface area contributed by atoms with Crippen molar-refractivity contribution in [3.63, 3.8) is 0 Å². The Kier molecular flexibility index (Phi) is 2.49. The number of hydrogen-bond donors (Lipinski definition) is 1. The van der Waals surface area contributed by atoms with Crippen molar-refractivity contribution in [1.29, 1.82) is 0 Å². The monoisotopic (exact) mass is 249 g/mol. The maximum Gasteiger partial charge on any atom is 0.240 e. The Hall–Kier alpha value is -1.95. The Balaban J connectivity index is 1.81. The zero-order valence-electron chi connectivity index (χ0n) is 8.68. The van der Waals surface area contributed by atoms with Gasteiger partial charge in [0.05, 0.1) is 22.1 Å². The van der Waals surface area contributed by atoms with E-state index in [4.69, 9.17) is 4.74 Å². The van der Waals surface area contributed by atoms with Crippen LogP contribution in [0.25, 0.3) is 10.9 Å². The molecule has 0 radical (unpaired) electrons. The van der Waals surface area contributed by atoms with Gasteiger partial charge in [-0.05, 0) is 12.1 Å². The molecule has 0 atom stereocenters. The third-order valence-electron chi connectivity index (χ3n) is 2.36. The van der Waals surface area contributed by atoms with Crippen molar-refractivity contribution >= 4 is 22.2 Å². The first-order valence-electron chi connectivity index (χ1n) is 4.96. The van der Waals surface area contributed by atoms with Crippen LogP contribution >= 0.6 is 11.3 Å². The molecule has 0 amide bonds. The fourth-order valence-corrected chi connectivity index (χ4v) is 2.06. The van der Waals surface area contributed by atoms with Crippen LogP contribution in [0.2, 0.25) is 0 Å². The number of hydrogen-bond acceptors (Lipinski definition) is 4. The number of aromatic amines is 1. The molecular weight excluding hydrogens is 241 g/mol. The Morgan fingerprint density at radius 3 is 3.18 bits per heavy atom. The van der Waals surface area contributed by atoms with E-state index in [1.165, 1.54) is 11.3 Å². The zero-order valence-corrected chi connectivity index (χ0v) is 9.50. The number of fused-ring (bicyclic) bond motifs is 1. The second-order valence-corrected chi connectivity index (χ2v) is 4.21. The van der Waals surface area contributed by atoms with Gasteiger partial charge in [0.25, 0.3) is 0 Å². The van der Waals surface area contributed by atoms with Crippen molar-refractivity contribution in [2.24, 2.45) is 0 Å².